The van der Waals surface area contributed by atoms with Crippen molar-refractivity contribution < 1.29 is 24.7 Å². The number of aromatic nitrogens is 2. The smallest absolute Gasteiger partial charge is 0.304 e. The molecule has 0 N–H and O–H groups in total. The maximum Gasteiger partial charge on any atom is 0.494 e. The first-order valence-corrected chi connectivity index (χ1v) is 14.9. The van der Waals surface area contributed by atoms with E-state index in [1.54, 1.807) is 11.3 Å². The quantitative estimate of drug-likeness (QED) is 0.130. The summed E-state index contributed by atoms with van der Waals surface area (Å²) in [4.78, 5) is 9.98. The molecule has 6 aromatic rings. The molecular formula is C36H32IrN4S. The Hall–Kier alpha value is -3.79. The van der Waals surface area contributed by atoms with E-state index in [1.165, 1.54) is 50.0 Å². The van der Waals surface area contributed by atoms with Gasteiger partial charge in [0.2, 0.25) is 0 Å². The van der Waals surface area contributed by atoms with E-state index in [9.17, 15) is 0 Å². The number of pyridine rings is 2. The van der Waals surface area contributed by atoms with Crippen molar-refractivity contribution in [2.24, 2.45) is 0 Å². The summed E-state index contributed by atoms with van der Waals surface area (Å²) in [5, 5.41) is 2.42. The van der Waals surface area contributed by atoms with Gasteiger partial charge in [-0.1, -0.05) is 70.0 Å². The number of hydrogen-bond acceptors (Lipinski definition) is 3. The third-order valence-corrected chi connectivity index (χ3v) is 8.47. The third-order valence-electron chi connectivity index (χ3n) is 7.39. The fourth-order valence-electron chi connectivity index (χ4n) is 4.88. The zero-order valence-electron chi connectivity index (χ0n) is 24.2. The molecule has 1 aliphatic heterocycles. The fraction of sp³-hybridized carbons (Fsp3) is 0.194. The van der Waals surface area contributed by atoms with E-state index in [-0.39, 0.29) is 20.1 Å². The predicted molar refractivity (Wildman–Crippen MR) is 171 cm³/mol. The molecule has 4 heterocycles. The minimum atomic E-state index is 0. The van der Waals surface area contributed by atoms with E-state index < -0.39 is 0 Å². The van der Waals surface area contributed by atoms with Gasteiger partial charge in [0.05, 0.1) is 0 Å². The number of benzene rings is 3. The topological polar surface area (TPSA) is 31.8 Å². The second-order valence-electron chi connectivity index (χ2n) is 10.4. The molecule has 0 atom stereocenters. The van der Waals surface area contributed by atoms with Crippen LogP contribution in [0.4, 0.5) is 17.1 Å². The average molecular weight is 745 g/mol. The molecule has 211 valence electrons. The molecule has 0 saturated heterocycles. The zero-order chi connectivity index (χ0) is 28.3. The standard InChI is InChI=1S/C22H18N3S.C14H14N.Ir/c1-2-3-13-24-15-25(20-9-5-4-8-19(20)24)16-10-11-17-18-7-6-12-23-22(18)26-21(17)14-16;1-10-4-6-13(7-5-10)14-8-11(2)12(3)9-15-14;/h4-9,11-12,14H,2-3,13H2,1H3;4-6,8-9H,1-3H3;/q+1;-1;. The summed E-state index contributed by atoms with van der Waals surface area (Å²) < 4.78 is 5.59. The molecule has 4 nitrogen and oxygen atoms in total. The van der Waals surface area contributed by atoms with Crippen LogP contribution in [0.15, 0.2) is 85.2 Å². The van der Waals surface area contributed by atoms with E-state index in [0.717, 1.165) is 34.7 Å². The van der Waals surface area contributed by atoms with E-state index >= 15 is 0 Å². The Kier molecular flexibility index (Phi) is 9.21. The van der Waals surface area contributed by atoms with Crippen LogP contribution in [0.25, 0.3) is 31.6 Å². The number of aryl methyl sites for hydroxylation is 3. The number of fused-ring (bicyclic) bond motifs is 4. The first-order chi connectivity index (χ1) is 20.0. The number of thiophene rings is 1. The molecule has 0 unspecified atom stereocenters. The predicted octanol–water partition coefficient (Wildman–Crippen LogP) is 9.19. The number of rotatable bonds is 5. The molecule has 1 aliphatic rings. The Bertz CT molecular complexity index is 1950. The van der Waals surface area contributed by atoms with E-state index in [0.29, 0.717) is 0 Å². The molecule has 0 aliphatic carbocycles. The Morgan fingerprint density at radius 2 is 1.69 bits per heavy atom. The summed E-state index contributed by atoms with van der Waals surface area (Å²) in [5.74, 6) is 0. The molecule has 42 heavy (non-hydrogen) atoms. The van der Waals surface area contributed by atoms with Gasteiger partial charge in [0.25, 0.3) is 11.4 Å². The van der Waals surface area contributed by atoms with Crippen molar-refractivity contribution in [1.29, 1.82) is 0 Å². The summed E-state index contributed by atoms with van der Waals surface area (Å²) in [6.07, 6.45) is 6.09. The van der Waals surface area contributed by atoms with Crippen LogP contribution in [-0.2, 0) is 20.1 Å². The first-order valence-electron chi connectivity index (χ1n) is 14.1. The van der Waals surface area contributed by atoms with Crippen molar-refractivity contribution in [3.8, 4) is 11.3 Å². The van der Waals surface area contributed by atoms with Crippen molar-refractivity contribution in [2.45, 2.75) is 40.5 Å². The van der Waals surface area contributed by atoms with Gasteiger partial charge in [0, 0.05) is 51.1 Å². The molecule has 0 amide bonds. The summed E-state index contributed by atoms with van der Waals surface area (Å²) in [6, 6.07) is 35.4. The summed E-state index contributed by atoms with van der Waals surface area (Å²) >= 11 is 1.73. The molecule has 3 aromatic heterocycles. The van der Waals surface area contributed by atoms with Crippen LogP contribution < -0.4 is 4.58 Å². The Morgan fingerprint density at radius 1 is 0.857 bits per heavy atom. The van der Waals surface area contributed by atoms with Gasteiger partial charge >= 0.3 is 6.01 Å². The number of nitrogens with zero attached hydrogens (tertiary/aromatic N) is 4. The van der Waals surface area contributed by atoms with Gasteiger partial charge in [-0.05, 0) is 36.6 Å². The van der Waals surface area contributed by atoms with Crippen LogP contribution in [0.1, 0.15) is 36.5 Å². The molecule has 0 spiro atoms. The fourth-order valence-corrected chi connectivity index (χ4v) is 5.94. The molecule has 0 saturated carbocycles. The Morgan fingerprint density at radius 3 is 2.45 bits per heavy atom. The van der Waals surface area contributed by atoms with Gasteiger partial charge in [0.15, 0.2) is 6.54 Å². The molecule has 0 bridgehead atoms. The number of unbranched alkanes of at least 4 members (excludes halogenated alkanes) is 1. The second kappa shape index (κ2) is 13.0. The van der Waals surface area contributed by atoms with Crippen LogP contribution >= 0.6 is 11.3 Å². The van der Waals surface area contributed by atoms with Crippen LogP contribution in [0.5, 0.6) is 0 Å². The zero-order valence-corrected chi connectivity index (χ0v) is 27.4. The van der Waals surface area contributed by atoms with Crippen molar-refractivity contribution in [1.82, 2.24) is 14.5 Å². The van der Waals surface area contributed by atoms with Gasteiger partial charge in [-0.15, -0.1) is 58.2 Å². The van der Waals surface area contributed by atoms with Gasteiger partial charge in [-0.25, -0.2) is 4.98 Å². The molecule has 3 aromatic carbocycles. The monoisotopic (exact) mass is 745 g/mol. The largest absolute Gasteiger partial charge is 0.494 e. The van der Waals surface area contributed by atoms with Gasteiger partial charge in [-0.2, -0.15) is 6.07 Å². The molecule has 0 fully saturated rings. The maximum atomic E-state index is 4.49. The second-order valence-corrected chi connectivity index (χ2v) is 11.4. The van der Waals surface area contributed by atoms with Crippen LogP contribution in [0, 0.1) is 32.9 Å². The molecule has 6 heteroatoms. The summed E-state index contributed by atoms with van der Waals surface area (Å²) in [5.41, 5.74) is 9.19. The van der Waals surface area contributed by atoms with Crippen molar-refractivity contribution >= 4 is 54.7 Å². The Balaban J connectivity index is 0.000000189. The van der Waals surface area contributed by atoms with Crippen molar-refractivity contribution in [3.05, 3.63) is 114 Å². The van der Waals surface area contributed by atoms with Gasteiger partial charge in [-0.3, -0.25) is 0 Å². The molecular weight excluding hydrogens is 713 g/mol. The average Bonchev–Trinajstić information content (AvgIpc) is 3.56. The van der Waals surface area contributed by atoms with Crippen LogP contribution in [-0.4, -0.2) is 27.1 Å². The van der Waals surface area contributed by atoms with Crippen molar-refractivity contribution in [3.63, 3.8) is 0 Å². The van der Waals surface area contributed by atoms with E-state index in [1.807, 2.05) is 24.5 Å². The van der Waals surface area contributed by atoms with E-state index in [4.69, 9.17) is 0 Å². The number of hydrogen-bond donors (Lipinski definition) is 0. The van der Waals surface area contributed by atoms with E-state index in [2.05, 4.69) is 126 Å². The minimum Gasteiger partial charge on any atom is -0.304 e. The van der Waals surface area contributed by atoms with Gasteiger partial charge in [0.1, 0.15) is 10.5 Å². The number of para-hydroxylation sites is 2. The normalized spacial score (nSPS) is 11.8. The Labute approximate surface area is 265 Å². The maximum absolute atomic E-state index is 4.49. The van der Waals surface area contributed by atoms with Crippen molar-refractivity contribution in [2.75, 3.05) is 6.54 Å². The minimum absolute atomic E-state index is 0. The summed E-state index contributed by atoms with van der Waals surface area (Å²) in [6.45, 7) is 9.45. The molecule has 7 rings (SSSR count). The van der Waals surface area contributed by atoms with Crippen LogP contribution in [0.3, 0.4) is 0 Å². The molecule has 1 radical (unpaired) electrons. The third kappa shape index (κ3) is 6.04. The SMILES string of the molecule is CCCC[N+]1=C=[N+](c2[c-]cc3c(c2)sc2ncccc23)c2ccccc21.Cc1c[c-]c(-c2cc(C)c(C)cn2)cc1.[Ir]. The van der Waals surface area contributed by atoms with Crippen LogP contribution in [0.2, 0.25) is 0 Å². The summed E-state index contributed by atoms with van der Waals surface area (Å²) in [7, 11) is 0. The first kappa shape index (κ1) is 29.7. The van der Waals surface area contributed by atoms with Gasteiger partial charge < -0.3 is 4.98 Å².